The summed E-state index contributed by atoms with van der Waals surface area (Å²) in [4.78, 5) is 0.521. The summed E-state index contributed by atoms with van der Waals surface area (Å²) < 4.78 is 25.1. The van der Waals surface area contributed by atoms with Crippen molar-refractivity contribution in [2.24, 2.45) is 5.92 Å². The predicted molar refractivity (Wildman–Crippen MR) is 95.5 cm³/mol. The predicted octanol–water partition coefficient (Wildman–Crippen LogP) is 5.48. The normalized spacial score (nSPS) is 21.4. The smallest absolute Gasteiger partial charge is 0.178 e. The van der Waals surface area contributed by atoms with Gasteiger partial charge in [0.15, 0.2) is 9.84 Å². The zero-order valence-corrected chi connectivity index (χ0v) is 15.0. The quantitative estimate of drug-likeness (QED) is 0.714. The maximum atomic E-state index is 12.6. The van der Waals surface area contributed by atoms with Crippen molar-refractivity contribution in [1.29, 1.82) is 0 Å². The molecular weight excluding hydrogens is 304 g/mol. The monoisotopic (exact) mass is 334 g/mol. The van der Waals surface area contributed by atoms with E-state index in [0.29, 0.717) is 22.5 Å². The molecule has 0 amide bonds. The average Bonchev–Trinajstić information content (AvgIpc) is 2.62. The molecule has 0 saturated heterocycles. The van der Waals surface area contributed by atoms with Crippen molar-refractivity contribution in [3.05, 3.63) is 29.8 Å². The Morgan fingerprint density at radius 3 is 1.96 bits per heavy atom. The van der Waals surface area contributed by atoms with Crippen LogP contribution in [0.2, 0.25) is 0 Å². The van der Waals surface area contributed by atoms with Crippen molar-refractivity contribution in [2.75, 3.05) is 5.75 Å². The van der Waals surface area contributed by atoms with Crippen LogP contribution >= 0.6 is 0 Å². The average molecular weight is 335 g/mol. The minimum atomic E-state index is -3.11. The van der Waals surface area contributed by atoms with Crippen LogP contribution in [0.3, 0.4) is 0 Å². The van der Waals surface area contributed by atoms with Gasteiger partial charge in [-0.15, -0.1) is 0 Å². The summed E-state index contributed by atoms with van der Waals surface area (Å²) in [5.41, 5.74) is 1.33. The van der Waals surface area contributed by atoms with E-state index in [9.17, 15) is 8.42 Å². The van der Waals surface area contributed by atoms with E-state index in [1.165, 1.54) is 69.8 Å². The standard InChI is InChI=1S/C20H30O2S/c21-23(22,16-15-17-7-3-1-4-8-17)20-13-11-19(12-14-20)18-9-5-2-6-10-18/h11-14,17-18H,1-10,15-16H2. The van der Waals surface area contributed by atoms with E-state index in [2.05, 4.69) is 12.1 Å². The van der Waals surface area contributed by atoms with Crippen molar-refractivity contribution in [3.8, 4) is 0 Å². The van der Waals surface area contributed by atoms with Crippen molar-refractivity contribution in [1.82, 2.24) is 0 Å². The van der Waals surface area contributed by atoms with E-state index >= 15 is 0 Å². The Morgan fingerprint density at radius 2 is 1.35 bits per heavy atom. The molecule has 0 aliphatic heterocycles. The van der Waals surface area contributed by atoms with E-state index in [1.807, 2.05) is 12.1 Å². The molecule has 0 heterocycles. The molecule has 1 aromatic carbocycles. The maximum Gasteiger partial charge on any atom is 0.178 e. The van der Waals surface area contributed by atoms with E-state index < -0.39 is 9.84 Å². The summed E-state index contributed by atoms with van der Waals surface area (Å²) in [6.07, 6.45) is 13.6. The van der Waals surface area contributed by atoms with Gasteiger partial charge in [-0.25, -0.2) is 8.42 Å². The zero-order valence-electron chi connectivity index (χ0n) is 14.2. The molecule has 2 saturated carbocycles. The van der Waals surface area contributed by atoms with E-state index in [4.69, 9.17) is 0 Å². The van der Waals surface area contributed by atoms with E-state index in [0.717, 1.165) is 6.42 Å². The fourth-order valence-corrected chi connectivity index (χ4v) is 5.73. The summed E-state index contributed by atoms with van der Waals surface area (Å²) in [5, 5.41) is 0. The Morgan fingerprint density at radius 1 is 0.783 bits per heavy atom. The Balaban J connectivity index is 1.60. The molecule has 1 aromatic rings. The van der Waals surface area contributed by atoms with Gasteiger partial charge in [0.05, 0.1) is 10.6 Å². The van der Waals surface area contributed by atoms with Gasteiger partial charge >= 0.3 is 0 Å². The summed E-state index contributed by atoms with van der Waals surface area (Å²) >= 11 is 0. The fraction of sp³-hybridized carbons (Fsp3) is 0.700. The van der Waals surface area contributed by atoms with Gasteiger partial charge in [0.25, 0.3) is 0 Å². The van der Waals surface area contributed by atoms with Gasteiger partial charge < -0.3 is 0 Å². The first kappa shape index (κ1) is 17.0. The summed E-state index contributed by atoms with van der Waals surface area (Å²) in [5.74, 6) is 1.59. The first-order valence-corrected chi connectivity index (χ1v) is 11.1. The van der Waals surface area contributed by atoms with Gasteiger partial charge in [0.2, 0.25) is 0 Å². The van der Waals surface area contributed by atoms with Gasteiger partial charge in [0.1, 0.15) is 0 Å². The Kier molecular flexibility index (Phi) is 5.79. The number of hydrogen-bond acceptors (Lipinski definition) is 2. The lowest BCUT2D eigenvalue weighted by atomic mass is 9.84. The van der Waals surface area contributed by atoms with E-state index in [1.54, 1.807) is 0 Å². The van der Waals surface area contributed by atoms with Gasteiger partial charge in [0, 0.05) is 0 Å². The number of benzene rings is 1. The van der Waals surface area contributed by atoms with Crippen molar-refractivity contribution in [3.63, 3.8) is 0 Å². The minimum absolute atomic E-state index is 0.320. The molecular formula is C20H30O2S. The fourth-order valence-electron chi connectivity index (χ4n) is 4.30. The van der Waals surface area contributed by atoms with Crippen LogP contribution in [0.1, 0.15) is 82.1 Å². The van der Waals surface area contributed by atoms with Crippen molar-refractivity contribution in [2.45, 2.75) is 81.4 Å². The minimum Gasteiger partial charge on any atom is -0.224 e. The molecule has 0 aromatic heterocycles. The third kappa shape index (κ3) is 4.59. The lowest BCUT2D eigenvalue weighted by molar-refractivity contribution is 0.350. The molecule has 0 N–H and O–H groups in total. The van der Waals surface area contributed by atoms with Crippen LogP contribution < -0.4 is 0 Å². The Labute approximate surface area is 141 Å². The molecule has 0 unspecified atom stereocenters. The van der Waals surface area contributed by atoms with Crippen LogP contribution in [0.25, 0.3) is 0 Å². The Bertz CT molecular complexity index is 577. The Hall–Kier alpha value is -0.830. The van der Waals surface area contributed by atoms with Gasteiger partial charge in [-0.2, -0.15) is 0 Å². The summed E-state index contributed by atoms with van der Waals surface area (Å²) in [6.45, 7) is 0. The topological polar surface area (TPSA) is 34.1 Å². The molecule has 128 valence electrons. The zero-order chi connectivity index (χ0) is 16.1. The maximum absolute atomic E-state index is 12.6. The highest BCUT2D eigenvalue weighted by atomic mass is 32.2. The largest absolute Gasteiger partial charge is 0.224 e. The lowest BCUT2D eigenvalue weighted by Gasteiger charge is -2.22. The molecule has 2 aliphatic rings. The second kappa shape index (κ2) is 7.83. The van der Waals surface area contributed by atoms with Gasteiger partial charge in [-0.1, -0.05) is 63.5 Å². The van der Waals surface area contributed by atoms with Crippen LogP contribution in [-0.4, -0.2) is 14.2 Å². The van der Waals surface area contributed by atoms with Crippen LogP contribution in [-0.2, 0) is 9.84 Å². The van der Waals surface area contributed by atoms with E-state index in [-0.39, 0.29) is 0 Å². The SMILES string of the molecule is O=S(=O)(CCC1CCCCC1)c1ccc(C2CCCCC2)cc1. The highest BCUT2D eigenvalue weighted by molar-refractivity contribution is 7.91. The lowest BCUT2D eigenvalue weighted by Crippen LogP contribution is -2.14. The second-order valence-electron chi connectivity index (χ2n) is 7.52. The molecule has 2 aliphatic carbocycles. The highest BCUT2D eigenvalue weighted by Crippen LogP contribution is 2.33. The molecule has 3 heteroatoms. The highest BCUT2D eigenvalue weighted by Gasteiger charge is 2.21. The molecule has 0 atom stereocenters. The molecule has 23 heavy (non-hydrogen) atoms. The van der Waals surface area contributed by atoms with Crippen molar-refractivity contribution >= 4 is 9.84 Å². The first-order valence-electron chi connectivity index (χ1n) is 9.48. The van der Waals surface area contributed by atoms with Crippen molar-refractivity contribution < 1.29 is 8.42 Å². The molecule has 0 radical (unpaired) electrons. The molecule has 2 nitrogen and oxygen atoms in total. The van der Waals surface area contributed by atoms with Crippen LogP contribution in [0, 0.1) is 5.92 Å². The van der Waals surface area contributed by atoms with Crippen LogP contribution in [0.4, 0.5) is 0 Å². The number of sulfone groups is 1. The third-order valence-electron chi connectivity index (χ3n) is 5.84. The second-order valence-corrected chi connectivity index (χ2v) is 9.62. The number of hydrogen-bond donors (Lipinski definition) is 0. The van der Waals surface area contributed by atoms with Crippen LogP contribution in [0.5, 0.6) is 0 Å². The first-order chi connectivity index (χ1) is 11.1. The van der Waals surface area contributed by atoms with Crippen LogP contribution in [0.15, 0.2) is 29.2 Å². The third-order valence-corrected chi connectivity index (χ3v) is 7.60. The molecule has 0 bridgehead atoms. The molecule has 2 fully saturated rings. The molecule has 3 rings (SSSR count). The number of rotatable bonds is 5. The summed E-state index contributed by atoms with van der Waals surface area (Å²) in [7, 11) is -3.11. The van der Waals surface area contributed by atoms with Gasteiger partial charge in [-0.05, 0) is 48.8 Å². The molecule has 0 spiro atoms. The van der Waals surface area contributed by atoms with Gasteiger partial charge in [-0.3, -0.25) is 0 Å². The summed E-state index contributed by atoms with van der Waals surface area (Å²) in [6, 6.07) is 7.81.